The average molecular weight is 409 g/mol. The molecule has 0 aliphatic carbocycles. The van der Waals surface area contributed by atoms with Crippen LogP contribution in [0, 0.1) is 0 Å². The standard InChI is InChI=1S/C16H28N2O6S2/c1-15(2,3)24-14(22)18-11-16(6-4-8-23-16)13(21)17-7-10-26-25-9-5-12(19)20/h4-11H2,1-3H3,(H,17,21)(H,18,22)(H,19,20). The largest absolute Gasteiger partial charge is 0.481 e. The number of aliphatic carboxylic acids is 1. The molecule has 1 aliphatic heterocycles. The van der Waals surface area contributed by atoms with Crippen LogP contribution >= 0.6 is 21.6 Å². The van der Waals surface area contributed by atoms with Crippen LogP contribution in [0.3, 0.4) is 0 Å². The summed E-state index contributed by atoms with van der Waals surface area (Å²) in [4.78, 5) is 34.8. The molecular formula is C16H28N2O6S2. The van der Waals surface area contributed by atoms with Crippen molar-refractivity contribution in [2.75, 3.05) is 31.2 Å². The van der Waals surface area contributed by atoms with Gasteiger partial charge in [-0.05, 0) is 33.6 Å². The molecule has 1 atom stereocenters. The second-order valence-electron chi connectivity index (χ2n) is 6.85. The Hall–Kier alpha value is -1.13. The van der Waals surface area contributed by atoms with Gasteiger partial charge in [-0.3, -0.25) is 9.59 Å². The molecule has 0 spiro atoms. The normalized spacial score (nSPS) is 19.8. The second-order valence-corrected chi connectivity index (χ2v) is 9.55. The van der Waals surface area contributed by atoms with E-state index in [0.29, 0.717) is 31.1 Å². The highest BCUT2D eigenvalue weighted by atomic mass is 33.1. The van der Waals surface area contributed by atoms with E-state index in [4.69, 9.17) is 14.6 Å². The van der Waals surface area contributed by atoms with Gasteiger partial charge in [-0.25, -0.2) is 4.79 Å². The lowest BCUT2D eigenvalue weighted by Gasteiger charge is -2.28. The molecule has 8 nitrogen and oxygen atoms in total. The summed E-state index contributed by atoms with van der Waals surface area (Å²) in [6.07, 6.45) is 0.834. The van der Waals surface area contributed by atoms with Crippen molar-refractivity contribution < 1.29 is 29.0 Å². The van der Waals surface area contributed by atoms with Gasteiger partial charge in [0.25, 0.3) is 5.91 Å². The molecule has 1 fully saturated rings. The number of hydrogen-bond acceptors (Lipinski definition) is 7. The number of alkyl carbamates (subject to hydrolysis) is 1. The maximum absolute atomic E-state index is 12.5. The van der Waals surface area contributed by atoms with Crippen molar-refractivity contribution in [2.24, 2.45) is 0 Å². The first-order valence-electron chi connectivity index (χ1n) is 8.50. The first kappa shape index (κ1) is 22.9. The van der Waals surface area contributed by atoms with Gasteiger partial charge in [-0.1, -0.05) is 21.6 Å². The van der Waals surface area contributed by atoms with E-state index in [1.54, 1.807) is 20.8 Å². The zero-order valence-corrected chi connectivity index (χ0v) is 17.1. The summed E-state index contributed by atoms with van der Waals surface area (Å²) in [5.41, 5.74) is -1.66. The number of carbonyl (C=O) groups is 3. The number of ether oxygens (including phenoxy) is 2. The quantitative estimate of drug-likeness (QED) is 0.372. The van der Waals surface area contributed by atoms with Crippen molar-refractivity contribution in [2.45, 2.75) is 51.2 Å². The Bertz CT molecular complexity index is 490. The molecule has 0 saturated carbocycles. The van der Waals surface area contributed by atoms with Crippen LogP contribution in [0.5, 0.6) is 0 Å². The summed E-state index contributed by atoms with van der Waals surface area (Å²) >= 11 is 0. The highest BCUT2D eigenvalue weighted by Crippen LogP contribution is 2.26. The molecule has 0 aromatic carbocycles. The van der Waals surface area contributed by atoms with Crippen LogP contribution in [0.15, 0.2) is 0 Å². The van der Waals surface area contributed by atoms with Crippen LogP contribution in [-0.2, 0) is 19.1 Å². The third-order valence-corrected chi connectivity index (χ3v) is 5.80. The van der Waals surface area contributed by atoms with Crippen molar-refractivity contribution in [1.82, 2.24) is 10.6 Å². The summed E-state index contributed by atoms with van der Waals surface area (Å²) in [6.45, 7) is 6.30. The summed E-state index contributed by atoms with van der Waals surface area (Å²) in [7, 11) is 2.98. The monoisotopic (exact) mass is 408 g/mol. The van der Waals surface area contributed by atoms with Crippen molar-refractivity contribution >= 4 is 39.6 Å². The van der Waals surface area contributed by atoms with Gasteiger partial charge in [0.05, 0.1) is 13.0 Å². The lowest BCUT2D eigenvalue weighted by molar-refractivity contribution is -0.140. The number of nitrogens with one attached hydrogen (secondary N) is 2. The summed E-state index contributed by atoms with van der Waals surface area (Å²) in [6, 6.07) is 0. The number of carbonyl (C=O) groups excluding carboxylic acids is 2. The molecule has 3 N–H and O–H groups in total. The van der Waals surface area contributed by atoms with Gasteiger partial charge in [-0.15, -0.1) is 0 Å². The summed E-state index contributed by atoms with van der Waals surface area (Å²) in [5, 5.41) is 14.0. The maximum atomic E-state index is 12.5. The smallest absolute Gasteiger partial charge is 0.407 e. The van der Waals surface area contributed by atoms with E-state index in [1.165, 1.54) is 21.6 Å². The van der Waals surface area contributed by atoms with E-state index in [2.05, 4.69) is 10.6 Å². The molecule has 0 aromatic heterocycles. The van der Waals surface area contributed by atoms with E-state index in [-0.39, 0.29) is 18.9 Å². The van der Waals surface area contributed by atoms with Crippen molar-refractivity contribution in [3.63, 3.8) is 0 Å². The minimum Gasteiger partial charge on any atom is -0.481 e. The van der Waals surface area contributed by atoms with Gasteiger partial charge in [0.15, 0.2) is 5.60 Å². The molecule has 1 unspecified atom stereocenters. The Morgan fingerprint density at radius 1 is 1.19 bits per heavy atom. The summed E-state index contributed by atoms with van der Waals surface area (Å²) < 4.78 is 10.8. The molecule has 26 heavy (non-hydrogen) atoms. The van der Waals surface area contributed by atoms with E-state index in [0.717, 1.165) is 6.42 Å². The topological polar surface area (TPSA) is 114 Å². The fourth-order valence-electron chi connectivity index (χ4n) is 2.24. The molecule has 150 valence electrons. The lowest BCUT2D eigenvalue weighted by Crippen LogP contribution is -2.54. The molecule has 0 radical (unpaired) electrons. The number of hydrogen-bond donors (Lipinski definition) is 3. The lowest BCUT2D eigenvalue weighted by atomic mass is 9.99. The Morgan fingerprint density at radius 3 is 2.46 bits per heavy atom. The molecule has 0 aromatic rings. The highest BCUT2D eigenvalue weighted by molar-refractivity contribution is 8.76. The minimum absolute atomic E-state index is 0.0637. The molecule has 1 rings (SSSR count). The zero-order valence-electron chi connectivity index (χ0n) is 15.5. The number of carboxylic acids is 1. The van der Waals surface area contributed by atoms with Gasteiger partial charge in [0, 0.05) is 24.7 Å². The predicted molar refractivity (Wildman–Crippen MR) is 102 cm³/mol. The van der Waals surface area contributed by atoms with Crippen LogP contribution in [0.1, 0.15) is 40.0 Å². The number of amides is 2. The van der Waals surface area contributed by atoms with E-state index < -0.39 is 23.3 Å². The molecule has 1 saturated heterocycles. The first-order valence-corrected chi connectivity index (χ1v) is 11.0. The van der Waals surface area contributed by atoms with E-state index >= 15 is 0 Å². The van der Waals surface area contributed by atoms with Crippen molar-refractivity contribution in [3.8, 4) is 0 Å². The number of rotatable bonds is 10. The van der Waals surface area contributed by atoms with Crippen LogP contribution < -0.4 is 10.6 Å². The van der Waals surface area contributed by atoms with Gasteiger partial charge in [-0.2, -0.15) is 0 Å². The van der Waals surface area contributed by atoms with E-state index in [1.807, 2.05) is 0 Å². The molecule has 1 aliphatic rings. The zero-order chi connectivity index (χ0) is 19.6. The molecule has 2 amide bonds. The van der Waals surface area contributed by atoms with Crippen LogP contribution in [-0.4, -0.2) is 65.5 Å². The van der Waals surface area contributed by atoms with Crippen LogP contribution in [0.25, 0.3) is 0 Å². The minimum atomic E-state index is -1.06. The van der Waals surface area contributed by atoms with Crippen LogP contribution in [0.4, 0.5) is 4.79 Å². The van der Waals surface area contributed by atoms with E-state index in [9.17, 15) is 14.4 Å². The van der Waals surface area contributed by atoms with Gasteiger partial charge >= 0.3 is 12.1 Å². The van der Waals surface area contributed by atoms with Gasteiger partial charge < -0.3 is 25.2 Å². The average Bonchev–Trinajstić information content (AvgIpc) is 3.00. The highest BCUT2D eigenvalue weighted by Gasteiger charge is 2.43. The second kappa shape index (κ2) is 10.9. The molecule has 10 heteroatoms. The third-order valence-electron chi connectivity index (χ3n) is 3.39. The SMILES string of the molecule is CC(C)(C)OC(=O)NCC1(C(=O)NCCSSCCC(=O)O)CCCO1. The van der Waals surface area contributed by atoms with Crippen LogP contribution in [0.2, 0.25) is 0 Å². The Morgan fingerprint density at radius 2 is 1.88 bits per heavy atom. The van der Waals surface area contributed by atoms with Crippen molar-refractivity contribution in [1.29, 1.82) is 0 Å². The Balaban J connectivity index is 2.34. The first-order chi connectivity index (χ1) is 12.1. The van der Waals surface area contributed by atoms with Crippen molar-refractivity contribution in [3.05, 3.63) is 0 Å². The third kappa shape index (κ3) is 9.00. The maximum Gasteiger partial charge on any atom is 0.407 e. The fourth-order valence-corrected chi connectivity index (χ4v) is 4.13. The van der Waals surface area contributed by atoms with Gasteiger partial charge in [0.2, 0.25) is 0 Å². The molecule has 1 heterocycles. The Labute approximate surface area is 161 Å². The summed E-state index contributed by atoms with van der Waals surface area (Å²) in [5.74, 6) is 0.123. The fraction of sp³-hybridized carbons (Fsp3) is 0.812. The number of carboxylic acid groups (broad SMARTS) is 1. The molecule has 0 bridgehead atoms. The Kier molecular flexibility index (Phi) is 9.59. The predicted octanol–water partition coefficient (Wildman–Crippen LogP) is 2.03. The molecular weight excluding hydrogens is 380 g/mol. The van der Waals surface area contributed by atoms with Gasteiger partial charge in [0.1, 0.15) is 5.60 Å².